The van der Waals surface area contributed by atoms with Crippen molar-refractivity contribution in [2.75, 3.05) is 20.2 Å². The third-order valence-electron chi connectivity index (χ3n) is 9.28. The molecule has 2 unspecified atom stereocenters. The zero-order valence-electron chi connectivity index (χ0n) is 17.2. The maximum Gasteiger partial charge on any atom is 0.223 e. The summed E-state index contributed by atoms with van der Waals surface area (Å²) in [6.45, 7) is 5.17. The van der Waals surface area contributed by atoms with Crippen molar-refractivity contribution in [2.24, 2.45) is 34.5 Å². The lowest BCUT2D eigenvalue weighted by molar-refractivity contribution is -0.159. The Balaban J connectivity index is 1.56. The van der Waals surface area contributed by atoms with Crippen LogP contribution in [0.25, 0.3) is 0 Å². The summed E-state index contributed by atoms with van der Waals surface area (Å²) in [5.41, 5.74) is 0.338. The molecule has 7 atom stereocenters. The molecule has 4 rings (SSSR count). The molecule has 4 fully saturated rings. The molecule has 0 aromatic heterocycles. The summed E-state index contributed by atoms with van der Waals surface area (Å²) >= 11 is 0. The van der Waals surface area contributed by atoms with Gasteiger partial charge >= 0.3 is 0 Å². The normalized spacial score (nSPS) is 46.4. The summed E-state index contributed by atoms with van der Waals surface area (Å²) in [6, 6.07) is 0.398. The standard InChI is InChI=1S/C22H36N2O3/c1-21-10-8-16-14(15(21)5-6-17(21)20(27)23-12-13-25)4-7-18-22(16,2)11-9-19(26)24(18)3/h14-18,25H,4-13H2,1-3H3,(H,23,27)/t14-,15-,16+,17?,18?,21-,22+/m0/s1. The Kier molecular flexibility index (Phi) is 4.81. The number of fused-ring (bicyclic) bond motifs is 5. The second kappa shape index (κ2) is 6.75. The van der Waals surface area contributed by atoms with Gasteiger partial charge in [0.15, 0.2) is 0 Å². The third kappa shape index (κ3) is 2.75. The Morgan fingerprint density at radius 3 is 2.59 bits per heavy atom. The molecule has 0 spiro atoms. The highest BCUT2D eigenvalue weighted by molar-refractivity contribution is 5.80. The molecule has 5 nitrogen and oxygen atoms in total. The predicted octanol–water partition coefficient (Wildman–Crippen LogP) is 2.57. The maximum atomic E-state index is 12.7. The molecule has 4 aliphatic rings. The van der Waals surface area contributed by atoms with Gasteiger partial charge in [-0.15, -0.1) is 0 Å². The third-order valence-corrected chi connectivity index (χ3v) is 9.28. The van der Waals surface area contributed by atoms with E-state index in [0.29, 0.717) is 42.7 Å². The van der Waals surface area contributed by atoms with Crippen molar-refractivity contribution in [3.8, 4) is 0 Å². The van der Waals surface area contributed by atoms with Crippen LogP contribution in [0.5, 0.6) is 0 Å². The predicted molar refractivity (Wildman–Crippen MR) is 104 cm³/mol. The second-order valence-corrected chi connectivity index (χ2v) is 10.2. The Bertz CT molecular complexity index is 623. The topological polar surface area (TPSA) is 69.6 Å². The van der Waals surface area contributed by atoms with E-state index in [9.17, 15) is 9.59 Å². The van der Waals surface area contributed by atoms with Gasteiger partial charge in [-0.25, -0.2) is 0 Å². The summed E-state index contributed by atoms with van der Waals surface area (Å²) in [7, 11) is 2.01. The number of amides is 2. The number of likely N-dealkylation sites (tertiary alicyclic amines) is 1. The lowest BCUT2D eigenvalue weighted by Gasteiger charge is -2.61. The van der Waals surface area contributed by atoms with Gasteiger partial charge in [0.2, 0.25) is 11.8 Å². The van der Waals surface area contributed by atoms with Gasteiger partial charge in [-0.05, 0) is 73.5 Å². The number of nitrogens with zero attached hydrogens (tertiary/aromatic N) is 1. The monoisotopic (exact) mass is 376 g/mol. The van der Waals surface area contributed by atoms with E-state index in [1.165, 1.54) is 12.8 Å². The average molecular weight is 377 g/mol. The number of aliphatic hydroxyl groups excluding tert-OH is 1. The van der Waals surface area contributed by atoms with Crippen molar-refractivity contribution in [1.82, 2.24) is 10.2 Å². The zero-order chi connectivity index (χ0) is 19.4. The van der Waals surface area contributed by atoms with Crippen LogP contribution in [0, 0.1) is 34.5 Å². The molecule has 0 aromatic carbocycles. The number of rotatable bonds is 3. The van der Waals surface area contributed by atoms with Crippen LogP contribution >= 0.6 is 0 Å². The van der Waals surface area contributed by atoms with Crippen LogP contribution in [0.15, 0.2) is 0 Å². The van der Waals surface area contributed by atoms with Gasteiger partial charge < -0.3 is 15.3 Å². The Hall–Kier alpha value is -1.10. The second-order valence-electron chi connectivity index (χ2n) is 10.2. The molecule has 1 heterocycles. The van der Waals surface area contributed by atoms with Crippen LogP contribution in [0.2, 0.25) is 0 Å². The number of hydrogen-bond donors (Lipinski definition) is 2. The van der Waals surface area contributed by atoms with Crippen LogP contribution < -0.4 is 5.32 Å². The molecule has 0 bridgehead atoms. The van der Waals surface area contributed by atoms with E-state index in [1.807, 2.05) is 11.9 Å². The van der Waals surface area contributed by atoms with Crippen LogP contribution in [-0.4, -0.2) is 48.1 Å². The molecular weight excluding hydrogens is 340 g/mol. The van der Waals surface area contributed by atoms with Crippen LogP contribution in [0.1, 0.15) is 65.2 Å². The minimum atomic E-state index is 0.00921. The fourth-order valence-corrected chi connectivity index (χ4v) is 7.88. The number of carbonyl (C=O) groups excluding carboxylic acids is 2. The first-order valence-corrected chi connectivity index (χ1v) is 11.0. The highest BCUT2D eigenvalue weighted by atomic mass is 16.3. The zero-order valence-corrected chi connectivity index (χ0v) is 17.2. The molecule has 0 aromatic rings. The van der Waals surface area contributed by atoms with Crippen molar-refractivity contribution in [3.63, 3.8) is 0 Å². The molecule has 1 aliphatic heterocycles. The number of nitrogens with one attached hydrogen (secondary N) is 1. The van der Waals surface area contributed by atoms with E-state index in [4.69, 9.17) is 5.11 Å². The smallest absolute Gasteiger partial charge is 0.223 e. The van der Waals surface area contributed by atoms with Crippen molar-refractivity contribution in [1.29, 1.82) is 0 Å². The molecule has 2 N–H and O–H groups in total. The number of piperidine rings is 1. The Morgan fingerprint density at radius 2 is 1.85 bits per heavy atom. The van der Waals surface area contributed by atoms with Gasteiger partial charge in [-0.1, -0.05) is 13.8 Å². The van der Waals surface area contributed by atoms with E-state index in [1.54, 1.807) is 0 Å². The average Bonchev–Trinajstić information content (AvgIpc) is 3.00. The summed E-state index contributed by atoms with van der Waals surface area (Å²) in [5, 5.41) is 12.0. The Labute approximate surface area is 163 Å². The fourth-order valence-electron chi connectivity index (χ4n) is 7.88. The molecule has 1 saturated heterocycles. The lowest BCUT2D eigenvalue weighted by Crippen LogP contribution is -2.61. The van der Waals surface area contributed by atoms with E-state index in [0.717, 1.165) is 32.1 Å². The molecule has 5 heteroatoms. The van der Waals surface area contributed by atoms with Crippen molar-refractivity contribution in [3.05, 3.63) is 0 Å². The minimum absolute atomic E-state index is 0.00921. The number of hydrogen-bond acceptors (Lipinski definition) is 3. The summed E-state index contributed by atoms with van der Waals surface area (Å²) < 4.78 is 0. The van der Waals surface area contributed by atoms with Gasteiger partial charge in [0.25, 0.3) is 0 Å². The highest BCUT2D eigenvalue weighted by Gasteiger charge is 2.62. The molecule has 27 heavy (non-hydrogen) atoms. The van der Waals surface area contributed by atoms with Crippen molar-refractivity contribution < 1.29 is 14.7 Å². The van der Waals surface area contributed by atoms with Gasteiger partial charge in [0.05, 0.1) is 6.61 Å². The molecule has 3 saturated carbocycles. The molecule has 2 amide bonds. The first kappa shape index (κ1) is 19.2. The molecule has 3 aliphatic carbocycles. The van der Waals surface area contributed by atoms with Crippen molar-refractivity contribution >= 4 is 11.8 Å². The summed E-state index contributed by atoms with van der Waals surface area (Å²) in [5.74, 6) is 2.57. The lowest BCUT2D eigenvalue weighted by atomic mass is 9.47. The van der Waals surface area contributed by atoms with Crippen LogP contribution in [0.3, 0.4) is 0 Å². The first-order chi connectivity index (χ1) is 12.8. The highest BCUT2D eigenvalue weighted by Crippen LogP contribution is 2.66. The SMILES string of the molecule is CN1C(=O)CC[C@@]2(C)C1CC[C@@H]1[C@H]2CC[C@]2(C)C(C(=O)NCCO)CC[C@@H]12. The fraction of sp³-hybridized carbons (Fsp3) is 0.909. The molecule has 152 valence electrons. The number of carbonyl (C=O) groups is 2. The van der Waals surface area contributed by atoms with Gasteiger partial charge in [0.1, 0.15) is 0 Å². The van der Waals surface area contributed by atoms with E-state index >= 15 is 0 Å². The van der Waals surface area contributed by atoms with E-state index in [2.05, 4.69) is 19.2 Å². The Morgan fingerprint density at radius 1 is 1.11 bits per heavy atom. The molecule has 0 radical (unpaired) electrons. The van der Waals surface area contributed by atoms with Crippen LogP contribution in [0.4, 0.5) is 0 Å². The quantitative estimate of drug-likeness (QED) is 0.795. The summed E-state index contributed by atoms with van der Waals surface area (Å²) in [4.78, 5) is 27.0. The van der Waals surface area contributed by atoms with Gasteiger partial charge in [-0.2, -0.15) is 0 Å². The number of aliphatic hydroxyl groups is 1. The van der Waals surface area contributed by atoms with Gasteiger partial charge in [0, 0.05) is 32.0 Å². The van der Waals surface area contributed by atoms with Gasteiger partial charge in [-0.3, -0.25) is 9.59 Å². The van der Waals surface area contributed by atoms with Crippen LogP contribution in [-0.2, 0) is 9.59 Å². The van der Waals surface area contributed by atoms with E-state index < -0.39 is 0 Å². The molecular formula is C22H36N2O3. The van der Waals surface area contributed by atoms with Crippen molar-refractivity contribution in [2.45, 2.75) is 71.3 Å². The minimum Gasteiger partial charge on any atom is -0.395 e. The first-order valence-electron chi connectivity index (χ1n) is 11.0. The maximum absolute atomic E-state index is 12.7. The van der Waals surface area contributed by atoms with E-state index in [-0.39, 0.29) is 29.3 Å². The largest absolute Gasteiger partial charge is 0.395 e. The summed E-state index contributed by atoms with van der Waals surface area (Å²) in [6.07, 6.45) is 8.51.